The zero-order valence-electron chi connectivity index (χ0n) is 32.8. The van der Waals surface area contributed by atoms with Crippen molar-refractivity contribution in [3.05, 3.63) is 0 Å². The van der Waals surface area contributed by atoms with Crippen LogP contribution in [0.25, 0.3) is 0 Å². The molecule has 2 saturated heterocycles. The molecular weight excluding hydrogens is 688 g/mol. The molecule has 0 amide bonds. The van der Waals surface area contributed by atoms with Crippen molar-refractivity contribution in [3.8, 4) is 0 Å². The molecule has 9 atom stereocenters. The summed E-state index contributed by atoms with van der Waals surface area (Å²) in [6, 6.07) is 0. The van der Waals surface area contributed by atoms with Gasteiger partial charge in [-0.25, -0.2) is 0 Å². The summed E-state index contributed by atoms with van der Waals surface area (Å²) in [5.41, 5.74) is 0. The van der Waals surface area contributed by atoms with Crippen LogP contribution in [0.1, 0.15) is 168 Å². The number of unbranched alkanes of at least 4 members (excludes halogenated alkanes) is 20. The highest BCUT2D eigenvalue weighted by atomic mass is 16.8. The van der Waals surface area contributed by atoms with Crippen LogP contribution >= 0.6 is 0 Å². The number of carbonyl (C=O) groups excluding carboxylic acids is 2. The predicted molar refractivity (Wildman–Crippen MR) is 199 cm³/mol. The Balaban J connectivity index is 1.83. The number of aliphatic hydroxyl groups is 6. The van der Waals surface area contributed by atoms with Crippen molar-refractivity contribution >= 4 is 11.9 Å². The van der Waals surface area contributed by atoms with E-state index in [1.54, 1.807) is 0 Å². The third-order valence-corrected chi connectivity index (χ3v) is 10.5. The molecule has 0 radical (unpaired) electrons. The van der Waals surface area contributed by atoms with Gasteiger partial charge >= 0.3 is 11.9 Å². The first-order valence-electron chi connectivity index (χ1n) is 20.9. The van der Waals surface area contributed by atoms with Crippen molar-refractivity contribution in [2.24, 2.45) is 0 Å². The first-order valence-corrected chi connectivity index (χ1v) is 20.9. The van der Waals surface area contributed by atoms with E-state index in [2.05, 4.69) is 13.8 Å². The molecule has 53 heavy (non-hydrogen) atoms. The van der Waals surface area contributed by atoms with Crippen LogP contribution in [0.15, 0.2) is 0 Å². The molecule has 2 aliphatic rings. The predicted octanol–water partition coefficient (Wildman–Crippen LogP) is 5.11. The standard InChI is InChI=1S/C40H74O13/c1-3-5-7-9-11-13-15-17-19-21-23-25-32(43)49-28-31-34(45)36(47)37(48)39(50-31)53-40(29-42)38(35(46)30(27-41)52-40)51-33(44)26-24-22-20-18-16-14-12-10-8-6-4-2/h30-31,34-39,41-42,45-48H,3-29H2,1-2H3/t30-,31-,34-,35-,36+,37-,38+,39-,40+/m1/s1. The van der Waals surface area contributed by atoms with Gasteiger partial charge in [-0.2, -0.15) is 0 Å². The van der Waals surface area contributed by atoms with E-state index in [0.717, 1.165) is 44.9 Å². The van der Waals surface area contributed by atoms with Gasteiger partial charge in [-0.15, -0.1) is 0 Å². The molecule has 0 saturated carbocycles. The van der Waals surface area contributed by atoms with Gasteiger partial charge in [0.2, 0.25) is 5.79 Å². The van der Waals surface area contributed by atoms with E-state index in [1.807, 2.05) is 0 Å². The SMILES string of the molecule is CCCCCCCCCCCCCC(=O)OC[C@H]1O[C@H](O[C@]2(CO)O[C@H](CO)[C@@H](O)[C@@H]2OC(=O)CCCCCCCCCCCCC)[C@H](O)[C@@H](O)[C@@H]1O. The van der Waals surface area contributed by atoms with Crippen LogP contribution in [0.4, 0.5) is 0 Å². The summed E-state index contributed by atoms with van der Waals surface area (Å²) >= 11 is 0. The lowest BCUT2D eigenvalue weighted by molar-refractivity contribution is -0.383. The molecule has 6 N–H and O–H groups in total. The number of ether oxygens (including phenoxy) is 5. The lowest BCUT2D eigenvalue weighted by Gasteiger charge is -2.43. The number of aliphatic hydroxyl groups excluding tert-OH is 6. The summed E-state index contributed by atoms with van der Waals surface area (Å²) in [7, 11) is 0. The van der Waals surface area contributed by atoms with E-state index in [4.69, 9.17) is 23.7 Å². The topological polar surface area (TPSA) is 202 Å². The van der Waals surface area contributed by atoms with Crippen LogP contribution in [0.5, 0.6) is 0 Å². The summed E-state index contributed by atoms with van der Waals surface area (Å²) in [6.45, 7) is 2.28. The van der Waals surface area contributed by atoms with Gasteiger partial charge in [0, 0.05) is 12.8 Å². The van der Waals surface area contributed by atoms with Gasteiger partial charge in [-0.3, -0.25) is 9.59 Å². The molecule has 2 heterocycles. The minimum atomic E-state index is -2.29. The Morgan fingerprint density at radius 1 is 0.566 bits per heavy atom. The highest BCUT2D eigenvalue weighted by molar-refractivity contribution is 5.70. The van der Waals surface area contributed by atoms with Gasteiger partial charge in [-0.1, -0.05) is 142 Å². The van der Waals surface area contributed by atoms with Crippen LogP contribution in [-0.2, 0) is 33.3 Å². The molecule has 0 unspecified atom stereocenters. The molecule has 312 valence electrons. The van der Waals surface area contributed by atoms with Crippen LogP contribution < -0.4 is 0 Å². The number of esters is 2. The summed E-state index contributed by atoms with van der Waals surface area (Å²) in [5.74, 6) is -3.46. The van der Waals surface area contributed by atoms with Gasteiger partial charge in [0.15, 0.2) is 12.4 Å². The molecule has 13 nitrogen and oxygen atoms in total. The second kappa shape index (κ2) is 28.0. The van der Waals surface area contributed by atoms with Crippen LogP contribution in [-0.4, -0.2) is 117 Å². The van der Waals surface area contributed by atoms with Crippen LogP contribution in [0, 0.1) is 0 Å². The summed E-state index contributed by atoms with van der Waals surface area (Å²) in [5, 5.41) is 63.1. The Hall–Kier alpha value is -1.42. The Morgan fingerprint density at radius 2 is 1.02 bits per heavy atom. The lowest BCUT2D eigenvalue weighted by Crippen LogP contribution is -2.63. The van der Waals surface area contributed by atoms with Gasteiger partial charge in [0.25, 0.3) is 0 Å². The van der Waals surface area contributed by atoms with E-state index >= 15 is 0 Å². The van der Waals surface area contributed by atoms with Crippen molar-refractivity contribution < 1.29 is 63.9 Å². The highest BCUT2D eigenvalue weighted by Crippen LogP contribution is 2.38. The van der Waals surface area contributed by atoms with Crippen molar-refractivity contribution in [1.29, 1.82) is 0 Å². The number of carbonyl (C=O) groups is 2. The molecule has 2 aliphatic heterocycles. The zero-order valence-corrected chi connectivity index (χ0v) is 32.8. The largest absolute Gasteiger partial charge is 0.463 e. The van der Waals surface area contributed by atoms with Gasteiger partial charge < -0.3 is 54.3 Å². The van der Waals surface area contributed by atoms with E-state index in [0.29, 0.717) is 12.8 Å². The minimum absolute atomic E-state index is 0.0473. The molecule has 0 spiro atoms. The minimum Gasteiger partial charge on any atom is -0.463 e. The third-order valence-electron chi connectivity index (χ3n) is 10.5. The third kappa shape index (κ3) is 17.5. The fraction of sp³-hybridized carbons (Fsp3) is 0.950. The highest BCUT2D eigenvalue weighted by Gasteiger charge is 2.61. The van der Waals surface area contributed by atoms with E-state index in [-0.39, 0.29) is 12.8 Å². The first kappa shape index (κ1) is 47.7. The van der Waals surface area contributed by atoms with Crippen molar-refractivity contribution in [1.82, 2.24) is 0 Å². The number of hydrogen-bond donors (Lipinski definition) is 6. The summed E-state index contributed by atoms with van der Waals surface area (Å²) in [6.07, 6.45) is 12.0. The van der Waals surface area contributed by atoms with Crippen LogP contribution in [0.3, 0.4) is 0 Å². The normalized spacial score (nSPS) is 28.7. The molecular formula is C40H74O13. The second-order valence-electron chi connectivity index (χ2n) is 15.1. The van der Waals surface area contributed by atoms with Crippen LogP contribution in [0.2, 0.25) is 0 Å². The Kier molecular flexibility index (Phi) is 25.3. The van der Waals surface area contributed by atoms with Crippen molar-refractivity contribution in [3.63, 3.8) is 0 Å². The Morgan fingerprint density at radius 3 is 1.47 bits per heavy atom. The zero-order chi connectivity index (χ0) is 38.9. The molecule has 13 heteroatoms. The smallest absolute Gasteiger partial charge is 0.306 e. The quantitative estimate of drug-likeness (QED) is 0.0403. The van der Waals surface area contributed by atoms with Gasteiger partial charge in [0.05, 0.1) is 6.61 Å². The van der Waals surface area contributed by atoms with Crippen molar-refractivity contribution in [2.45, 2.75) is 223 Å². The van der Waals surface area contributed by atoms with Gasteiger partial charge in [0.1, 0.15) is 49.8 Å². The average Bonchev–Trinajstić information content (AvgIpc) is 3.41. The Labute approximate surface area is 318 Å². The molecule has 0 bridgehead atoms. The maximum Gasteiger partial charge on any atom is 0.306 e. The fourth-order valence-corrected chi connectivity index (χ4v) is 7.08. The average molecular weight is 763 g/mol. The number of hydrogen-bond acceptors (Lipinski definition) is 13. The summed E-state index contributed by atoms with van der Waals surface area (Å²) < 4.78 is 28.1. The van der Waals surface area contributed by atoms with E-state index in [1.165, 1.54) is 83.5 Å². The lowest BCUT2D eigenvalue weighted by atomic mass is 9.98. The van der Waals surface area contributed by atoms with Crippen molar-refractivity contribution in [2.75, 3.05) is 19.8 Å². The maximum absolute atomic E-state index is 12.9. The van der Waals surface area contributed by atoms with Gasteiger partial charge in [-0.05, 0) is 12.8 Å². The summed E-state index contributed by atoms with van der Waals surface area (Å²) in [4.78, 5) is 25.3. The maximum atomic E-state index is 12.9. The molecule has 0 aromatic carbocycles. The molecule has 0 aromatic rings. The fourth-order valence-electron chi connectivity index (χ4n) is 7.08. The van der Waals surface area contributed by atoms with E-state index < -0.39 is 86.6 Å². The number of rotatable bonds is 31. The second-order valence-corrected chi connectivity index (χ2v) is 15.1. The molecule has 2 rings (SSSR count). The van der Waals surface area contributed by atoms with E-state index in [9.17, 15) is 40.2 Å². The monoisotopic (exact) mass is 763 g/mol. The molecule has 0 aliphatic carbocycles. The molecule has 2 fully saturated rings. The Bertz CT molecular complexity index is 954. The molecule has 0 aromatic heterocycles. The first-order chi connectivity index (χ1) is 25.6.